The minimum Gasteiger partial charge on any atom is -0.0662 e. The molecule has 1 saturated carbocycles. The molecule has 2 aliphatic carbocycles. The molecule has 1 aromatic carbocycles. The average molecular weight is 323 g/mol. The van der Waals surface area contributed by atoms with Crippen molar-refractivity contribution in [3.63, 3.8) is 0 Å². The predicted molar refractivity (Wildman–Crippen MR) is 106 cm³/mol. The SMILES string of the molecule is CC1=C(C=Cc2ccc(C(C)C)cc2C)C(C)(C)C2CCCCC12. The third-order valence-corrected chi connectivity index (χ3v) is 6.76. The first-order valence-electron chi connectivity index (χ1n) is 9.82. The van der Waals surface area contributed by atoms with E-state index in [9.17, 15) is 0 Å². The summed E-state index contributed by atoms with van der Waals surface area (Å²) < 4.78 is 0. The van der Waals surface area contributed by atoms with Crippen LogP contribution in [0.5, 0.6) is 0 Å². The Bertz CT molecular complexity index is 669. The number of benzene rings is 1. The van der Waals surface area contributed by atoms with Gasteiger partial charge in [-0.3, -0.25) is 0 Å². The summed E-state index contributed by atoms with van der Waals surface area (Å²) in [4.78, 5) is 0. The highest BCUT2D eigenvalue weighted by atomic mass is 14.5. The van der Waals surface area contributed by atoms with Gasteiger partial charge in [0, 0.05) is 0 Å². The Kier molecular flexibility index (Phi) is 4.78. The Morgan fingerprint density at radius 1 is 1.04 bits per heavy atom. The van der Waals surface area contributed by atoms with Crippen molar-refractivity contribution in [1.29, 1.82) is 0 Å². The Balaban J connectivity index is 1.89. The smallest absolute Gasteiger partial charge is 0.00700 e. The van der Waals surface area contributed by atoms with Crippen molar-refractivity contribution in [2.45, 2.75) is 73.1 Å². The molecule has 0 amide bonds. The lowest BCUT2D eigenvalue weighted by Crippen LogP contribution is -2.27. The molecule has 0 spiro atoms. The minimum absolute atomic E-state index is 0.331. The number of hydrogen-bond donors (Lipinski definition) is 0. The van der Waals surface area contributed by atoms with Crippen molar-refractivity contribution in [2.75, 3.05) is 0 Å². The van der Waals surface area contributed by atoms with Gasteiger partial charge in [-0.25, -0.2) is 0 Å². The van der Waals surface area contributed by atoms with Crippen molar-refractivity contribution < 1.29 is 0 Å². The number of hydrogen-bond acceptors (Lipinski definition) is 0. The van der Waals surface area contributed by atoms with Crippen molar-refractivity contribution >= 4 is 6.08 Å². The summed E-state index contributed by atoms with van der Waals surface area (Å²) in [7, 11) is 0. The molecule has 0 nitrogen and oxygen atoms in total. The molecule has 24 heavy (non-hydrogen) atoms. The van der Waals surface area contributed by atoms with E-state index in [2.05, 4.69) is 71.9 Å². The second-order valence-electron chi connectivity index (χ2n) is 8.92. The normalized spacial score (nSPS) is 26.5. The Hall–Kier alpha value is -1.30. The quantitative estimate of drug-likeness (QED) is 0.548. The first-order chi connectivity index (χ1) is 11.3. The van der Waals surface area contributed by atoms with Gasteiger partial charge in [-0.05, 0) is 72.1 Å². The highest BCUT2D eigenvalue weighted by Crippen LogP contribution is 2.56. The molecule has 2 aliphatic rings. The molecule has 0 radical (unpaired) electrons. The van der Waals surface area contributed by atoms with E-state index in [4.69, 9.17) is 0 Å². The van der Waals surface area contributed by atoms with E-state index >= 15 is 0 Å². The second-order valence-corrected chi connectivity index (χ2v) is 8.92. The van der Waals surface area contributed by atoms with E-state index in [0.29, 0.717) is 11.3 Å². The zero-order valence-electron chi connectivity index (χ0n) is 16.4. The van der Waals surface area contributed by atoms with Crippen LogP contribution in [-0.2, 0) is 0 Å². The lowest BCUT2D eigenvalue weighted by atomic mass is 9.68. The summed E-state index contributed by atoms with van der Waals surface area (Å²) in [6.45, 7) is 14.1. The first kappa shape index (κ1) is 17.5. The van der Waals surface area contributed by atoms with Crippen molar-refractivity contribution in [2.24, 2.45) is 17.3 Å². The molecule has 3 rings (SSSR count). The van der Waals surface area contributed by atoms with Crippen molar-refractivity contribution in [1.82, 2.24) is 0 Å². The predicted octanol–water partition coefficient (Wildman–Crippen LogP) is 7.29. The van der Waals surface area contributed by atoms with Gasteiger partial charge in [-0.15, -0.1) is 0 Å². The minimum atomic E-state index is 0.331. The van der Waals surface area contributed by atoms with Crippen LogP contribution >= 0.6 is 0 Å². The van der Waals surface area contributed by atoms with Crippen LogP contribution in [0.15, 0.2) is 35.4 Å². The van der Waals surface area contributed by atoms with Crippen LogP contribution in [0.4, 0.5) is 0 Å². The second kappa shape index (κ2) is 6.54. The molecule has 0 heteroatoms. The summed E-state index contributed by atoms with van der Waals surface area (Å²) in [6.07, 6.45) is 10.4. The molecular weight excluding hydrogens is 288 g/mol. The zero-order chi connectivity index (χ0) is 17.5. The molecule has 0 bridgehead atoms. The maximum absolute atomic E-state index is 2.47. The lowest BCUT2D eigenvalue weighted by Gasteiger charge is -2.36. The Labute approximate surface area is 149 Å². The van der Waals surface area contributed by atoms with Gasteiger partial charge in [0.25, 0.3) is 0 Å². The zero-order valence-corrected chi connectivity index (χ0v) is 16.4. The Morgan fingerprint density at radius 2 is 1.75 bits per heavy atom. The highest BCUT2D eigenvalue weighted by Gasteiger charge is 2.45. The topological polar surface area (TPSA) is 0 Å². The molecule has 0 heterocycles. The van der Waals surface area contributed by atoms with Gasteiger partial charge in [0.2, 0.25) is 0 Å². The molecule has 0 saturated heterocycles. The van der Waals surface area contributed by atoms with Crippen LogP contribution in [0.1, 0.15) is 82.9 Å². The molecule has 2 atom stereocenters. The van der Waals surface area contributed by atoms with Gasteiger partial charge in [-0.2, -0.15) is 0 Å². The molecule has 0 N–H and O–H groups in total. The molecule has 130 valence electrons. The average Bonchev–Trinajstić information content (AvgIpc) is 2.74. The largest absolute Gasteiger partial charge is 0.0662 e. The summed E-state index contributed by atoms with van der Waals surface area (Å²) in [6, 6.07) is 6.94. The fraction of sp³-hybridized carbons (Fsp3) is 0.583. The van der Waals surface area contributed by atoms with Gasteiger partial charge in [0.1, 0.15) is 0 Å². The first-order valence-corrected chi connectivity index (χ1v) is 9.82. The van der Waals surface area contributed by atoms with Crippen LogP contribution < -0.4 is 0 Å². The standard InChI is InChI=1S/C24H34/c1-16(2)20-12-11-19(17(3)15-20)13-14-22-18(4)21-9-7-8-10-23(21)24(22,5)6/h11-16,21,23H,7-10H2,1-6H3. The van der Waals surface area contributed by atoms with E-state index in [1.54, 1.807) is 11.1 Å². The third kappa shape index (κ3) is 3.01. The molecule has 0 aliphatic heterocycles. The van der Waals surface area contributed by atoms with Gasteiger partial charge in [0.15, 0.2) is 0 Å². The fourth-order valence-corrected chi connectivity index (χ4v) is 5.18. The highest BCUT2D eigenvalue weighted by molar-refractivity contribution is 5.59. The molecule has 0 aromatic heterocycles. The molecule has 2 unspecified atom stereocenters. The molecule has 1 aromatic rings. The van der Waals surface area contributed by atoms with Crippen molar-refractivity contribution in [3.8, 4) is 0 Å². The van der Waals surface area contributed by atoms with Crippen LogP contribution in [-0.4, -0.2) is 0 Å². The summed E-state index contributed by atoms with van der Waals surface area (Å²) in [5.74, 6) is 2.29. The van der Waals surface area contributed by atoms with Crippen LogP contribution in [0, 0.1) is 24.2 Å². The Morgan fingerprint density at radius 3 is 2.38 bits per heavy atom. The lowest BCUT2D eigenvalue weighted by molar-refractivity contribution is 0.176. The van der Waals surface area contributed by atoms with E-state index in [1.165, 1.54) is 42.4 Å². The van der Waals surface area contributed by atoms with Crippen molar-refractivity contribution in [3.05, 3.63) is 52.1 Å². The van der Waals surface area contributed by atoms with E-state index < -0.39 is 0 Å². The van der Waals surface area contributed by atoms with Gasteiger partial charge in [-0.1, -0.05) is 76.5 Å². The molecular formula is C24H34. The van der Waals surface area contributed by atoms with Crippen LogP contribution in [0.2, 0.25) is 0 Å². The number of aryl methyl sites for hydroxylation is 1. The summed E-state index contributed by atoms with van der Waals surface area (Å²) in [5.41, 5.74) is 7.79. The van der Waals surface area contributed by atoms with Crippen LogP contribution in [0.3, 0.4) is 0 Å². The van der Waals surface area contributed by atoms with E-state index in [-0.39, 0.29) is 0 Å². The summed E-state index contributed by atoms with van der Waals surface area (Å²) >= 11 is 0. The van der Waals surface area contributed by atoms with Gasteiger partial charge in [0.05, 0.1) is 0 Å². The fourth-order valence-electron chi connectivity index (χ4n) is 5.18. The van der Waals surface area contributed by atoms with Gasteiger partial charge < -0.3 is 0 Å². The van der Waals surface area contributed by atoms with E-state index in [1.807, 2.05) is 0 Å². The van der Waals surface area contributed by atoms with Gasteiger partial charge >= 0.3 is 0 Å². The maximum Gasteiger partial charge on any atom is -0.00700 e. The number of fused-ring (bicyclic) bond motifs is 1. The number of allylic oxidation sites excluding steroid dienone is 3. The third-order valence-electron chi connectivity index (χ3n) is 6.76. The van der Waals surface area contributed by atoms with E-state index in [0.717, 1.165) is 11.8 Å². The van der Waals surface area contributed by atoms with Crippen LogP contribution in [0.25, 0.3) is 6.08 Å². The number of rotatable bonds is 3. The maximum atomic E-state index is 2.47. The molecule has 1 fully saturated rings. The summed E-state index contributed by atoms with van der Waals surface area (Å²) in [5, 5.41) is 0. The monoisotopic (exact) mass is 322 g/mol.